The molecule has 0 fully saturated rings. The van der Waals surface area contributed by atoms with E-state index in [1.54, 1.807) is 6.20 Å². The minimum atomic E-state index is -0.713. The van der Waals surface area contributed by atoms with Gasteiger partial charge < -0.3 is 5.11 Å². The first-order valence-corrected chi connectivity index (χ1v) is 4.40. The lowest BCUT2D eigenvalue weighted by molar-refractivity contribution is 0.189. The van der Waals surface area contributed by atoms with Crippen LogP contribution in [0.5, 0.6) is 0 Å². The van der Waals surface area contributed by atoms with Crippen LogP contribution in [0.1, 0.15) is 30.6 Å². The van der Waals surface area contributed by atoms with E-state index in [1.807, 2.05) is 6.07 Å². The van der Waals surface area contributed by atoms with Crippen LogP contribution in [-0.4, -0.2) is 14.9 Å². The van der Waals surface area contributed by atoms with Gasteiger partial charge in [0.2, 0.25) is 5.14 Å². The van der Waals surface area contributed by atoms with Gasteiger partial charge in [-0.15, -0.1) is 0 Å². The third-order valence-electron chi connectivity index (χ3n) is 1.44. The molecule has 0 saturated carbocycles. The van der Waals surface area contributed by atoms with Crippen LogP contribution in [-0.2, 0) is 0 Å². The smallest absolute Gasteiger partial charge is 0.203 e. The quantitative estimate of drug-likeness (QED) is 0.770. The number of rotatable bonds is 2. The zero-order valence-electron chi connectivity index (χ0n) is 6.53. The minimum absolute atomic E-state index is 0.405. The predicted octanol–water partition coefficient (Wildman–Crippen LogP) is 1.85. The van der Waals surface area contributed by atoms with Crippen LogP contribution in [0.4, 0.5) is 0 Å². The fraction of sp³-hybridized carbons (Fsp3) is 0.571. The average Bonchev–Trinajstić information content (AvgIpc) is 2.33. The summed E-state index contributed by atoms with van der Waals surface area (Å²) in [4.78, 5) is 0. The summed E-state index contributed by atoms with van der Waals surface area (Å²) >= 11 is 3.00. The normalized spacial score (nSPS) is 13.9. The molecule has 1 rings (SSSR count). The van der Waals surface area contributed by atoms with E-state index in [1.165, 1.54) is 4.68 Å². The SMILES string of the molecule is CC(C)c1ccn(C(O)Br)n1. The molecular formula is C7H11BrN2O. The second-order valence-corrected chi connectivity index (χ2v) is 3.50. The predicted molar refractivity (Wildman–Crippen MR) is 46.5 cm³/mol. The van der Waals surface area contributed by atoms with Crippen LogP contribution < -0.4 is 0 Å². The Bertz CT molecular complexity index is 210. The summed E-state index contributed by atoms with van der Waals surface area (Å²) in [5, 5.41) is 12.5. The molecule has 1 heterocycles. The Hall–Kier alpha value is -0.350. The molecule has 1 atom stereocenters. The van der Waals surface area contributed by atoms with Crippen molar-refractivity contribution in [2.45, 2.75) is 24.9 Å². The molecule has 11 heavy (non-hydrogen) atoms. The van der Waals surface area contributed by atoms with E-state index in [2.05, 4.69) is 34.9 Å². The van der Waals surface area contributed by atoms with Gasteiger partial charge in [-0.3, -0.25) is 0 Å². The van der Waals surface area contributed by atoms with Gasteiger partial charge in [0.25, 0.3) is 0 Å². The van der Waals surface area contributed by atoms with Gasteiger partial charge >= 0.3 is 0 Å². The van der Waals surface area contributed by atoms with Crippen LogP contribution in [0.15, 0.2) is 12.3 Å². The van der Waals surface area contributed by atoms with Gasteiger partial charge in [0.15, 0.2) is 0 Å². The number of halogens is 1. The van der Waals surface area contributed by atoms with Crippen LogP contribution in [0.25, 0.3) is 0 Å². The largest absolute Gasteiger partial charge is 0.363 e. The van der Waals surface area contributed by atoms with Gasteiger partial charge in [0.05, 0.1) is 5.69 Å². The highest BCUT2D eigenvalue weighted by molar-refractivity contribution is 9.09. The second-order valence-electron chi connectivity index (χ2n) is 2.69. The van der Waals surface area contributed by atoms with E-state index in [-0.39, 0.29) is 0 Å². The first kappa shape index (κ1) is 8.74. The number of nitrogens with zero attached hydrogens (tertiary/aromatic N) is 2. The van der Waals surface area contributed by atoms with Gasteiger partial charge in [-0.2, -0.15) is 5.10 Å². The third kappa shape index (κ3) is 2.04. The number of aliphatic hydroxyl groups is 1. The maximum atomic E-state index is 9.04. The highest BCUT2D eigenvalue weighted by Crippen LogP contribution is 2.14. The molecule has 0 aliphatic heterocycles. The Kier molecular flexibility index (Phi) is 2.67. The fourth-order valence-corrected chi connectivity index (χ4v) is 1.01. The Labute approximate surface area is 74.2 Å². The summed E-state index contributed by atoms with van der Waals surface area (Å²) in [5.74, 6) is 0.405. The van der Waals surface area contributed by atoms with E-state index in [0.717, 1.165) is 5.69 Å². The number of hydrogen-bond donors (Lipinski definition) is 1. The van der Waals surface area contributed by atoms with Crippen LogP contribution in [0.2, 0.25) is 0 Å². The van der Waals surface area contributed by atoms with Crippen molar-refractivity contribution in [1.82, 2.24) is 9.78 Å². The van der Waals surface area contributed by atoms with Crippen LogP contribution in [0, 0.1) is 0 Å². The maximum Gasteiger partial charge on any atom is 0.203 e. The zero-order valence-corrected chi connectivity index (χ0v) is 8.12. The molecule has 1 aromatic heterocycles. The molecule has 1 N–H and O–H groups in total. The van der Waals surface area contributed by atoms with E-state index in [4.69, 9.17) is 5.11 Å². The molecule has 62 valence electrons. The van der Waals surface area contributed by atoms with Gasteiger partial charge in [0, 0.05) is 6.20 Å². The molecule has 0 saturated heterocycles. The zero-order chi connectivity index (χ0) is 8.43. The lowest BCUT2D eigenvalue weighted by atomic mass is 10.1. The fourth-order valence-electron chi connectivity index (χ4n) is 0.779. The van der Waals surface area contributed by atoms with Crippen LogP contribution in [0.3, 0.4) is 0 Å². The number of aromatic nitrogens is 2. The molecule has 0 radical (unpaired) electrons. The summed E-state index contributed by atoms with van der Waals surface area (Å²) in [5.41, 5.74) is 0.989. The summed E-state index contributed by atoms with van der Waals surface area (Å²) in [7, 11) is 0. The van der Waals surface area contributed by atoms with Gasteiger partial charge in [-0.1, -0.05) is 13.8 Å². The number of hydrogen-bond acceptors (Lipinski definition) is 2. The second kappa shape index (κ2) is 3.36. The van der Waals surface area contributed by atoms with Crippen molar-refractivity contribution in [3.63, 3.8) is 0 Å². The Balaban J connectivity index is 2.82. The van der Waals surface area contributed by atoms with Gasteiger partial charge in [-0.25, -0.2) is 4.68 Å². The molecule has 0 amide bonds. The van der Waals surface area contributed by atoms with Crippen molar-refractivity contribution in [3.8, 4) is 0 Å². The molecular weight excluding hydrogens is 208 g/mol. The summed E-state index contributed by atoms with van der Waals surface area (Å²) in [6.07, 6.45) is 1.74. The molecule has 0 aliphatic carbocycles. The molecule has 0 aliphatic rings. The first-order valence-electron chi connectivity index (χ1n) is 3.48. The Morgan fingerprint density at radius 1 is 1.64 bits per heavy atom. The maximum absolute atomic E-state index is 9.04. The molecule has 0 aromatic carbocycles. The number of aliphatic hydroxyl groups excluding tert-OH is 1. The van der Waals surface area contributed by atoms with Crippen molar-refractivity contribution in [2.75, 3.05) is 0 Å². The van der Waals surface area contributed by atoms with Crippen molar-refractivity contribution in [3.05, 3.63) is 18.0 Å². The summed E-state index contributed by atoms with van der Waals surface area (Å²) in [6, 6.07) is 1.90. The lowest BCUT2D eigenvalue weighted by Gasteiger charge is -2.02. The monoisotopic (exact) mass is 218 g/mol. The van der Waals surface area contributed by atoms with Crippen molar-refractivity contribution < 1.29 is 5.11 Å². The summed E-state index contributed by atoms with van der Waals surface area (Å²) in [6.45, 7) is 4.13. The molecule has 3 nitrogen and oxygen atoms in total. The highest BCUT2D eigenvalue weighted by Gasteiger charge is 2.05. The highest BCUT2D eigenvalue weighted by atomic mass is 79.9. The first-order chi connectivity index (χ1) is 5.11. The third-order valence-corrected chi connectivity index (χ3v) is 1.86. The van der Waals surface area contributed by atoms with Gasteiger partial charge in [0.1, 0.15) is 0 Å². The lowest BCUT2D eigenvalue weighted by Crippen LogP contribution is -2.02. The van der Waals surface area contributed by atoms with Gasteiger partial charge in [-0.05, 0) is 27.9 Å². The van der Waals surface area contributed by atoms with E-state index >= 15 is 0 Å². The Morgan fingerprint density at radius 2 is 2.27 bits per heavy atom. The molecule has 0 spiro atoms. The molecule has 1 aromatic rings. The van der Waals surface area contributed by atoms with Crippen LogP contribution >= 0.6 is 15.9 Å². The Morgan fingerprint density at radius 3 is 2.55 bits per heavy atom. The average molecular weight is 219 g/mol. The molecule has 0 bridgehead atoms. The number of alkyl halides is 1. The van der Waals surface area contributed by atoms with E-state index < -0.39 is 5.14 Å². The van der Waals surface area contributed by atoms with Crippen molar-refractivity contribution >= 4 is 15.9 Å². The van der Waals surface area contributed by atoms with E-state index in [0.29, 0.717) is 5.92 Å². The molecule has 1 unspecified atom stereocenters. The summed E-state index contributed by atoms with van der Waals surface area (Å²) < 4.78 is 1.47. The molecule has 4 heteroatoms. The minimum Gasteiger partial charge on any atom is -0.363 e. The van der Waals surface area contributed by atoms with E-state index in [9.17, 15) is 0 Å². The standard InChI is InChI=1S/C7H11BrN2O/c1-5(2)6-3-4-10(9-6)7(8)11/h3-5,7,11H,1-2H3. The van der Waals surface area contributed by atoms with Crippen molar-refractivity contribution in [2.24, 2.45) is 0 Å². The topological polar surface area (TPSA) is 38.0 Å². The van der Waals surface area contributed by atoms with Crippen molar-refractivity contribution in [1.29, 1.82) is 0 Å².